The van der Waals surface area contributed by atoms with Gasteiger partial charge in [-0.05, 0) is 38.1 Å². The van der Waals surface area contributed by atoms with Crippen molar-refractivity contribution in [1.29, 1.82) is 0 Å². The second-order valence-corrected chi connectivity index (χ2v) is 5.48. The van der Waals surface area contributed by atoms with E-state index in [0.29, 0.717) is 6.04 Å². The van der Waals surface area contributed by atoms with Crippen molar-refractivity contribution in [2.24, 2.45) is 0 Å². The minimum atomic E-state index is 0.394. The average Bonchev–Trinajstić information content (AvgIpc) is 2.83. The summed E-state index contributed by atoms with van der Waals surface area (Å²) in [7, 11) is 0. The number of hydrogen-bond donors (Lipinski definition) is 1. The molecule has 0 fully saturated rings. The van der Waals surface area contributed by atoms with Gasteiger partial charge >= 0.3 is 0 Å². The average molecular weight is 277 g/mol. The molecule has 0 radical (unpaired) electrons. The number of nitrogens with zero attached hydrogens (tertiary/aromatic N) is 2. The molecule has 0 aliphatic heterocycles. The van der Waals surface area contributed by atoms with Gasteiger partial charge < -0.3 is 5.32 Å². The highest BCUT2D eigenvalue weighted by Gasteiger charge is 2.07. The Morgan fingerprint density at radius 3 is 2.58 bits per heavy atom. The van der Waals surface area contributed by atoms with E-state index in [1.54, 1.807) is 11.8 Å². The van der Waals surface area contributed by atoms with Gasteiger partial charge in [0.15, 0.2) is 0 Å². The number of hydrogen-bond acceptors (Lipinski definition) is 5. The van der Waals surface area contributed by atoms with Crippen molar-refractivity contribution in [3.63, 3.8) is 0 Å². The van der Waals surface area contributed by atoms with Crippen LogP contribution in [0.4, 0.5) is 0 Å². The predicted molar refractivity (Wildman–Crippen MR) is 77.1 cm³/mol. The second kappa shape index (κ2) is 6.73. The molecule has 1 aromatic heterocycles. The predicted octanol–water partition coefficient (Wildman–Crippen LogP) is 3.34. The van der Waals surface area contributed by atoms with Gasteiger partial charge in [-0.1, -0.05) is 29.4 Å². The molecular weight excluding hydrogens is 258 g/mol. The van der Waals surface area contributed by atoms with Crippen LogP contribution in [-0.4, -0.2) is 16.9 Å². The molecule has 2 rings (SSSR count). The highest BCUT2D eigenvalue weighted by atomic mass is 32.2. The van der Waals surface area contributed by atoms with Crippen LogP contribution in [-0.2, 0) is 5.75 Å². The fourth-order valence-electron chi connectivity index (χ4n) is 1.81. The molecule has 0 amide bonds. The third-order valence-electron chi connectivity index (χ3n) is 3.01. The van der Waals surface area contributed by atoms with E-state index in [0.717, 1.165) is 23.7 Å². The second-order valence-electron chi connectivity index (χ2n) is 4.43. The highest BCUT2D eigenvalue weighted by molar-refractivity contribution is 7.98. The van der Waals surface area contributed by atoms with E-state index in [-0.39, 0.29) is 0 Å². The molecule has 1 heterocycles. The number of aromatic nitrogens is 2. The summed E-state index contributed by atoms with van der Waals surface area (Å²) in [6.45, 7) is 7.19. The molecule has 19 heavy (non-hydrogen) atoms. The van der Waals surface area contributed by atoms with Gasteiger partial charge in [0.2, 0.25) is 0 Å². The van der Waals surface area contributed by atoms with Crippen LogP contribution in [0.15, 0.2) is 33.8 Å². The normalized spacial score (nSPS) is 12.6. The Kier molecular flexibility index (Phi) is 4.99. The van der Waals surface area contributed by atoms with Gasteiger partial charge in [-0.2, -0.15) is 0 Å². The molecule has 0 bridgehead atoms. The molecule has 1 aromatic carbocycles. The van der Waals surface area contributed by atoms with Crippen LogP contribution in [0.5, 0.6) is 0 Å². The molecule has 0 aliphatic rings. The minimum Gasteiger partial charge on any atom is -0.310 e. The Labute approximate surface area is 117 Å². The fourth-order valence-corrected chi connectivity index (χ4v) is 2.70. The lowest BCUT2D eigenvalue weighted by atomic mass is 10.1. The Hall–Kier alpha value is -1.33. The lowest BCUT2D eigenvalue weighted by Gasteiger charge is -2.12. The van der Waals surface area contributed by atoms with E-state index < -0.39 is 0 Å². The molecule has 0 saturated heterocycles. The summed E-state index contributed by atoms with van der Waals surface area (Å²) in [5.41, 5.74) is 3.09. The zero-order chi connectivity index (χ0) is 13.7. The topological polar surface area (TPSA) is 51.0 Å². The van der Waals surface area contributed by atoms with Gasteiger partial charge in [0.05, 0.1) is 0 Å². The van der Waals surface area contributed by atoms with Crippen LogP contribution in [0.1, 0.15) is 36.8 Å². The Balaban J connectivity index is 1.93. The minimum absolute atomic E-state index is 0.394. The maximum atomic E-state index is 4.69. The maximum absolute atomic E-state index is 4.69. The largest absolute Gasteiger partial charge is 0.310 e. The SMILES string of the molecule is CCNC(C)c1ccc(SCc2nonc2C)cc1. The van der Waals surface area contributed by atoms with Gasteiger partial charge in [-0.25, -0.2) is 4.63 Å². The van der Waals surface area contributed by atoms with Crippen LogP contribution >= 0.6 is 11.8 Å². The number of benzene rings is 1. The Morgan fingerprint density at radius 2 is 2.00 bits per heavy atom. The van der Waals surface area contributed by atoms with E-state index in [1.165, 1.54) is 10.5 Å². The number of thioether (sulfide) groups is 1. The summed E-state index contributed by atoms with van der Waals surface area (Å²) in [6, 6.07) is 9.03. The monoisotopic (exact) mass is 277 g/mol. The molecule has 5 heteroatoms. The van der Waals surface area contributed by atoms with Crippen LogP contribution in [0.2, 0.25) is 0 Å². The number of rotatable bonds is 6. The van der Waals surface area contributed by atoms with Crippen LogP contribution < -0.4 is 5.32 Å². The van der Waals surface area contributed by atoms with Crippen LogP contribution in [0.3, 0.4) is 0 Å². The zero-order valence-electron chi connectivity index (χ0n) is 11.5. The summed E-state index contributed by atoms with van der Waals surface area (Å²) in [5.74, 6) is 0.789. The molecule has 0 spiro atoms. The first-order valence-electron chi connectivity index (χ1n) is 6.45. The first-order valence-corrected chi connectivity index (χ1v) is 7.43. The summed E-state index contributed by atoms with van der Waals surface area (Å²) in [6.07, 6.45) is 0. The van der Waals surface area contributed by atoms with E-state index in [9.17, 15) is 0 Å². The summed E-state index contributed by atoms with van der Waals surface area (Å²) < 4.78 is 4.69. The molecular formula is C14H19N3OS. The van der Waals surface area contributed by atoms with E-state index in [2.05, 4.69) is 58.4 Å². The molecule has 0 saturated carbocycles. The van der Waals surface area contributed by atoms with Crippen molar-refractivity contribution in [2.75, 3.05) is 6.54 Å². The van der Waals surface area contributed by atoms with Crippen molar-refractivity contribution in [3.8, 4) is 0 Å². The van der Waals surface area contributed by atoms with Crippen molar-refractivity contribution >= 4 is 11.8 Å². The molecule has 1 atom stereocenters. The Morgan fingerprint density at radius 1 is 1.26 bits per heavy atom. The summed E-state index contributed by atoms with van der Waals surface area (Å²) in [5, 5.41) is 11.1. The van der Waals surface area contributed by atoms with Crippen molar-refractivity contribution in [3.05, 3.63) is 41.2 Å². The molecule has 102 valence electrons. The Bertz CT molecular complexity index is 510. The molecule has 2 aromatic rings. The van der Waals surface area contributed by atoms with Crippen molar-refractivity contribution in [2.45, 2.75) is 37.5 Å². The van der Waals surface area contributed by atoms with Crippen molar-refractivity contribution < 1.29 is 4.63 Å². The molecule has 1 unspecified atom stereocenters. The van der Waals surface area contributed by atoms with Gasteiger partial charge in [-0.15, -0.1) is 11.8 Å². The molecule has 1 N–H and O–H groups in total. The van der Waals surface area contributed by atoms with Gasteiger partial charge in [-0.3, -0.25) is 0 Å². The zero-order valence-corrected chi connectivity index (χ0v) is 12.3. The lowest BCUT2D eigenvalue weighted by Crippen LogP contribution is -2.17. The van der Waals surface area contributed by atoms with Gasteiger partial charge in [0, 0.05) is 16.7 Å². The quantitative estimate of drug-likeness (QED) is 0.821. The lowest BCUT2D eigenvalue weighted by molar-refractivity contribution is 0.302. The fraction of sp³-hybridized carbons (Fsp3) is 0.429. The van der Waals surface area contributed by atoms with E-state index in [1.807, 2.05) is 6.92 Å². The maximum Gasteiger partial charge on any atom is 0.118 e. The van der Waals surface area contributed by atoms with E-state index in [4.69, 9.17) is 0 Å². The number of nitrogens with one attached hydrogen (secondary N) is 1. The first kappa shape index (κ1) is 14.1. The molecule has 0 aliphatic carbocycles. The first-order chi connectivity index (χ1) is 9.20. The third-order valence-corrected chi connectivity index (χ3v) is 4.04. The molecule has 4 nitrogen and oxygen atoms in total. The third kappa shape index (κ3) is 3.81. The van der Waals surface area contributed by atoms with Crippen LogP contribution in [0, 0.1) is 6.92 Å². The smallest absolute Gasteiger partial charge is 0.118 e. The van der Waals surface area contributed by atoms with E-state index >= 15 is 0 Å². The van der Waals surface area contributed by atoms with Gasteiger partial charge in [0.25, 0.3) is 0 Å². The highest BCUT2D eigenvalue weighted by Crippen LogP contribution is 2.24. The number of aryl methyl sites for hydroxylation is 1. The van der Waals surface area contributed by atoms with Crippen LogP contribution in [0.25, 0.3) is 0 Å². The van der Waals surface area contributed by atoms with Crippen molar-refractivity contribution in [1.82, 2.24) is 15.6 Å². The summed E-state index contributed by atoms with van der Waals surface area (Å²) >= 11 is 1.74. The van der Waals surface area contributed by atoms with Gasteiger partial charge in [0.1, 0.15) is 11.4 Å². The summed E-state index contributed by atoms with van der Waals surface area (Å²) in [4.78, 5) is 1.23. The standard InChI is InChI=1S/C14H19N3OS/c1-4-15-10(2)12-5-7-13(8-6-12)19-9-14-11(3)16-18-17-14/h5-8,10,15H,4,9H2,1-3H3.